The average molecular weight is 404 g/mol. The number of halogens is 1. The Morgan fingerprint density at radius 2 is 1.33 bits per heavy atom. The normalized spacial score (nSPS) is 12.0. The van der Waals surface area contributed by atoms with E-state index in [0.717, 1.165) is 12.2 Å². The second kappa shape index (κ2) is 11.3. The van der Waals surface area contributed by atoms with Crippen LogP contribution < -0.4 is 4.74 Å². The number of benzene rings is 3. The molecule has 0 aliphatic rings. The summed E-state index contributed by atoms with van der Waals surface area (Å²) in [6.07, 6.45) is 0.938. The van der Waals surface area contributed by atoms with Crippen molar-refractivity contribution in [3.63, 3.8) is 0 Å². The van der Waals surface area contributed by atoms with E-state index in [9.17, 15) is 4.39 Å². The smallest absolute Gasteiger partial charge is 0.119 e. The van der Waals surface area contributed by atoms with Crippen molar-refractivity contribution in [1.29, 1.82) is 0 Å². The average Bonchev–Trinajstić information content (AvgIpc) is 2.79. The molecule has 0 N–H and O–H groups in total. The van der Waals surface area contributed by atoms with Gasteiger partial charge in [0.2, 0.25) is 0 Å². The Morgan fingerprint density at radius 3 is 1.90 bits per heavy atom. The first kappa shape index (κ1) is 21.8. The molecular weight excluding hydrogens is 373 g/mol. The lowest BCUT2D eigenvalue weighted by molar-refractivity contribution is 0.225. The monoisotopic (exact) mass is 403 g/mol. The van der Waals surface area contributed by atoms with Gasteiger partial charge in [-0.1, -0.05) is 79.7 Å². The molecule has 0 spiro atoms. The van der Waals surface area contributed by atoms with Crippen molar-refractivity contribution in [2.24, 2.45) is 0 Å². The largest absolute Gasteiger partial charge is 0.492 e. The Balaban J connectivity index is 1.89. The highest BCUT2D eigenvalue weighted by Crippen LogP contribution is 2.34. The van der Waals surface area contributed by atoms with Crippen LogP contribution in [0.15, 0.2) is 84.9 Å². The Labute approximate surface area is 179 Å². The third kappa shape index (κ3) is 5.80. The molecule has 0 saturated heterocycles. The number of allylic oxidation sites excluding steroid dienone is 1. The predicted molar refractivity (Wildman–Crippen MR) is 125 cm³/mol. The summed E-state index contributed by atoms with van der Waals surface area (Å²) in [4.78, 5) is 1.93. The summed E-state index contributed by atoms with van der Waals surface area (Å²) in [7, 11) is 1.90. The lowest BCUT2D eigenvalue weighted by Gasteiger charge is -2.17. The van der Waals surface area contributed by atoms with Crippen LogP contribution in [-0.2, 0) is 0 Å². The molecule has 0 saturated carbocycles. The fourth-order valence-corrected chi connectivity index (χ4v) is 3.58. The number of alkyl halides is 1. The van der Waals surface area contributed by atoms with Gasteiger partial charge in [-0.15, -0.1) is 0 Å². The number of nitrogens with zero attached hydrogens (tertiary/aromatic N) is 1. The first-order chi connectivity index (χ1) is 14.7. The third-order valence-electron chi connectivity index (χ3n) is 5.19. The van der Waals surface area contributed by atoms with Gasteiger partial charge in [0.05, 0.1) is 0 Å². The minimum atomic E-state index is -0.332. The molecule has 0 atom stereocenters. The van der Waals surface area contributed by atoms with Crippen molar-refractivity contribution < 1.29 is 9.13 Å². The lowest BCUT2D eigenvalue weighted by atomic mass is 9.88. The summed E-state index contributed by atoms with van der Waals surface area (Å²) >= 11 is 0. The number of likely N-dealkylation sites (N-methyl/N-ethyl adjacent to an activating group) is 1. The van der Waals surface area contributed by atoms with E-state index < -0.39 is 0 Å². The molecular formula is C27H30FNO. The topological polar surface area (TPSA) is 12.5 Å². The molecule has 0 aliphatic carbocycles. The highest BCUT2D eigenvalue weighted by Gasteiger charge is 2.13. The van der Waals surface area contributed by atoms with Crippen LogP contribution in [0.4, 0.5) is 4.39 Å². The molecule has 2 nitrogen and oxygen atoms in total. The maximum Gasteiger partial charge on any atom is 0.119 e. The molecule has 3 rings (SSSR count). The van der Waals surface area contributed by atoms with Gasteiger partial charge in [-0.25, -0.2) is 4.39 Å². The van der Waals surface area contributed by atoms with E-state index in [1.54, 1.807) is 0 Å². The van der Waals surface area contributed by atoms with E-state index in [1.807, 2.05) is 30.1 Å². The third-order valence-corrected chi connectivity index (χ3v) is 5.19. The molecule has 0 aromatic heterocycles. The maximum atomic E-state index is 12.4. The second-order valence-corrected chi connectivity index (χ2v) is 7.30. The van der Waals surface area contributed by atoms with Crippen LogP contribution in [0.25, 0.3) is 11.1 Å². The lowest BCUT2D eigenvalue weighted by Crippen LogP contribution is -2.26. The van der Waals surface area contributed by atoms with Gasteiger partial charge in [-0.2, -0.15) is 0 Å². The van der Waals surface area contributed by atoms with E-state index in [1.165, 1.54) is 27.8 Å². The molecule has 0 aliphatic heterocycles. The van der Waals surface area contributed by atoms with Crippen LogP contribution in [0.5, 0.6) is 5.75 Å². The van der Waals surface area contributed by atoms with Crippen molar-refractivity contribution in [3.8, 4) is 5.75 Å². The predicted octanol–water partition coefficient (Wildman–Crippen LogP) is 6.34. The maximum absolute atomic E-state index is 12.4. The van der Waals surface area contributed by atoms with E-state index in [0.29, 0.717) is 19.7 Å². The van der Waals surface area contributed by atoms with Crippen LogP contribution in [0.2, 0.25) is 0 Å². The van der Waals surface area contributed by atoms with Crippen LogP contribution in [-0.4, -0.2) is 38.3 Å². The van der Waals surface area contributed by atoms with Crippen molar-refractivity contribution >= 4 is 11.1 Å². The molecule has 0 amide bonds. The first-order valence-electron chi connectivity index (χ1n) is 10.5. The van der Waals surface area contributed by atoms with Crippen LogP contribution >= 0.6 is 0 Å². The highest BCUT2D eigenvalue weighted by molar-refractivity contribution is 5.98. The SMILES string of the molecule is CCC(=C(c1ccccc1)c1ccc(OCCN(C)CCF)cc1)c1ccccc1. The van der Waals surface area contributed by atoms with Crippen molar-refractivity contribution in [2.45, 2.75) is 13.3 Å². The first-order valence-corrected chi connectivity index (χ1v) is 10.5. The molecule has 0 bridgehead atoms. The van der Waals surface area contributed by atoms with Crippen molar-refractivity contribution in [1.82, 2.24) is 4.90 Å². The summed E-state index contributed by atoms with van der Waals surface area (Å²) in [5.41, 5.74) is 6.19. The summed E-state index contributed by atoms with van der Waals surface area (Å²) in [5.74, 6) is 0.831. The Morgan fingerprint density at radius 1 is 0.767 bits per heavy atom. The fraction of sp³-hybridized carbons (Fsp3) is 0.259. The Bertz CT molecular complexity index is 920. The van der Waals surface area contributed by atoms with Gasteiger partial charge in [0, 0.05) is 13.1 Å². The zero-order chi connectivity index (χ0) is 21.2. The van der Waals surface area contributed by atoms with Gasteiger partial charge in [-0.3, -0.25) is 0 Å². The molecule has 0 fully saturated rings. The zero-order valence-corrected chi connectivity index (χ0v) is 17.9. The van der Waals surface area contributed by atoms with Gasteiger partial charge in [0.15, 0.2) is 0 Å². The Hall–Kier alpha value is -2.91. The van der Waals surface area contributed by atoms with E-state index in [2.05, 4.69) is 73.7 Å². The van der Waals surface area contributed by atoms with Gasteiger partial charge in [-0.05, 0) is 53.4 Å². The van der Waals surface area contributed by atoms with Gasteiger partial charge in [0.1, 0.15) is 19.0 Å². The number of rotatable bonds is 10. The molecule has 156 valence electrons. The van der Waals surface area contributed by atoms with E-state index in [4.69, 9.17) is 4.74 Å². The van der Waals surface area contributed by atoms with Crippen molar-refractivity contribution in [3.05, 3.63) is 102 Å². The van der Waals surface area contributed by atoms with Crippen molar-refractivity contribution in [2.75, 3.05) is 33.4 Å². The minimum Gasteiger partial charge on any atom is -0.492 e. The quantitative estimate of drug-likeness (QED) is 0.367. The molecule has 0 unspecified atom stereocenters. The Kier molecular flexibility index (Phi) is 8.22. The number of hydrogen-bond acceptors (Lipinski definition) is 2. The molecule has 3 aromatic rings. The molecule has 3 aromatic carbocycles. The zero-order valence-electron chi connectivity index (χ0n) is 17.9. The number of ether oxygens (including phenoxy) is 1. The highest BCUT2D eigenvalue weighted by atomic mass is 19.1. The minimum absolute atomic E-state index is 0.332. The van der Waals surface area contributed by atoms with E-state index >= 15 is 0 Å². The van der Waals surface area contributed by atoms with E-state index in [-0.39, 0.29) is 6.67 Å². The molecule has 3 heteroatoms. The number of hydrogen-bond donors (Lipinski definition) is 0. The van der Waals surface area contributed by atoms with Crippen LogP contribution in [0.3, 0.4) is 0 Å². The summed E-state index contributed by atoms with van der Waals surface area (Å²) in [6, 6.07) is 29.4. The summed E-state index contributed by atoms with van der Waals surface area (Å²) < 4.78 is 18.2. The van der Waals surface area contributed by atoms with Gasteiger partial charge < -0.3 is 9.64 Å². The van der Waals surface area contributed by atoms with Gasteiger partial charge in [0.25, 0.3) is 0 Å². The summed E-state index contributed by atoms with van der Waals surface area (Å²) in [6.45, 7) is 3.56. The molecule has 0 radical (unpaired) electrons. The van der Waals surface area contributed by atoms with Crippen LogP contribution in [0.1, 0.15) is 30.0 Å². The second-order valence-electron chi connectivity index (χ2n) is 7.30. The summed E-state index contributed by atoms with van der Waals surface area (Å²) in [5, 5.41) is 0. The van der Waals surface area contributed by atoms with Crippen LogP contribution in [0, 0.1) is 0 Å². The molecule has 0 heterocycles. The standard InChI is InChI=1S/C27H30FNO/c1-3-26(22-10-6-4-7-11-22)27(23-12-8-5-9-13-23)24-14-16-25(17-15-24)30-21-20-29(2)19-18-28/h4-17H,3,18-21H2,1-2H3. The fourth-order valence-electron chi connectivity index (χ4n) is 3.58. The van der Waals surface area contributed by atoms with Gasteiger partial charge >= 0.3 is 0 Å². The molecule has 30 heavy (non-hydrogen) atoms.